The lowest BCUT2D eigenvalue weighted by Gasteiger charge is -2.25. The van der Waals surface area contributed by atoms with Gasteiger partial charge in [0.2, 0.25) is 0 Å². The van der Waals surface area contributed by atoms with Crippen LogP contribution in [-0.2, 0) is 0 Å². The highest BCUT2D eigenvalue weighted by Crippen LogP contribution is 2.29. The van der Waals surface area contributed by atoms with Gasteiger partial charge in [-0.2, -0.15) is 0 Å². The fourth-order valence-electron chi connectivity index (χ4n) is 2.33. The van der Waals surface area contributed by atoms with E-state index in [0.717, 1.165) is 18.6 Å². The molecule has 1 fully saturated rings. The number of halogens is 2. The minimum absolute atomic E-state index is 0.0371. The number of amides is 1. The van der Waals surface area contributed by atoms with E-state index in [1.165, 1.54) is 6.07 Å². The minimum atomic E-state index is -0.515. The van der Waals surface area contributed by atoms with E-state index < -0.39 is 5.82 Å². The molecule has 0 saturated carbocycles. The third kappa shape index (κ3) is 2.36. The van der Waals surface area contributed by atoms with Crippen LogP contribution in [0, 0.1) is 11.7 Å². The molecule has 0 aromatic heterocycles. The van der Waals surface area contributed by atoms with Gasteiger partial charge in [-0.15, -0.1) is 0 Å². The highest BCUT2D eigenvalue weighted by atomic mass is 79.9. The average molecular weight is 316 g/mol. The van der Waals surface area contributed by atoms with Crippen molar-refractivity contribution in [1.82, 2.24) is 4.90 Å². The molecule has 1 aliphatic heterocycles. The minimum Gasteiger partial charge on any atom is -0.507 e. The Morgan fingerprint density at radius 3 is 3.00 bits per heavy atom. The molecule has 1 saturated heterocycles. The second kappa shape index (κ2) is 5.26. The molecule has 1 aliphatic rings. The van der Waals surface area contributed by atoms with E-state index in [0.29, 0.717) is 17.8 Å². The van der Waals surface area contributed by atoms with E-state index in [1.54, 1.807) is 4.90 Å². The van der Waals surface area contributed by atoms with Crippen LogP contribution in [0.25, 0.3) is 0 Å². The number of hydrogen-bond acceptors (Lipinski definition) is 2. The average Bonchev–Trinajstić information content (AvgIpc) is 2.72. The van der Waals surface area contributed by atoms with Gasteiger partial charge in [0.1, 0.15) is 11.6 Å². The van der Waals surface area contributed by atoms with E-state index >= 15 is 0 Å². The molecule has 98 valence electrons. The largest absolute Gasteiger partial charge is 0.507 e. The lowest BCUT2D eigenvalue weighted by atomic mass is 10.0. The van der Waals surface area contributed by atoms with Crippen LogP contribution in [0.4, 0.5) is 4.39 Å². The van der Waals surface area contributed by atoms with Gasteiger partial charge in [-0.1, -0.05) is 22.9 Å². The number of phenolic OH excluding ortho intramolecular Hbond substituents is 1. The van der Waals surface area contributed by atoms with Gasteiger partial charge >= 0.3 is 0 Å². The second-order valence-electron chi connectivity index (χ2n) is 4.65. The van der Waals surface area contributed by atoms with Crippen LogP contribution in [0.5, 0.6) is 5.75 Å². The quantitative estimate of drug-likeness (QED) is 0.853. The Morgan fingerprint density at radius 2 is 2.33 bits per heavy atom. The first-order valence-corrected chi connectivity index (χ1v) is 7.02. The number of aromatic hydroxyl groups is 1. The van der Waals surface area contributed by atoms with Crippen molar-refractivity contribution < 1.29 is 14.3 Å². The zero-order valence-corrected chi connectivity index (χ0v) is 11.7. The summed E-state index contributed by atoms with van der Waals surface area (Å²) in [5.41, 5.74) is 0.0371. The van der Waals surface area contributed by atoms with Gasteiger partial charge in [0.25, 0.3) is 5.91 Å². The highest BCUT2D eigenvalue weighted by Gasteiger charge is 2.34. The van der Waals surface area contributed by atoms with Crippen LogP contribution in [-0.4, -0.2) is 33.8 Å². The summed E-state index contributed by atoms with van der Waals surface area (Å²) in [4.78, 5) is 14.0. The standard InChI is InChI=1S/C13H15BrFNO2/c1-8-4-5-16(11(8)7-14)13(18)10-6-9(15)2-3-12(10)17/h2-3,6,8,11,17H,4-5,7H2,1H3. The van der Waals surface area contributed by atoms with E-state index in [2.05, 4.69) is 22.9 Å². The molecule has 1 heterocycles. The van der Waals surface area contributed by atoms with Crippen molar-refractivity contribution in [3.63, 3.8) is 0 Å². The molecule has 3 nitrogen and oxygen atoms in total. The van der Waals surface area contributed by atoms with Gasteiger partial charge in [0.15, 0.2) is 0 Å². The monoisotopic (exact) mass is 315 g/mol. The molecule has 0 aliphatic carbocycles. The van der Waals surface area contributed by atoms with E-state index in [1.807, 2.05) is 0 Å². The fourth-order valence-corrected chi connectivity index (χ4v) is 3.32. The van der Waals surface area contributed by atoms with Crippen LogP contribution in [0.3, 0.4) is 0 Å². The number of alkyl halides is 1. The molecule has 1 N–H and O–H groups in total. The summed E-state index contributed by atoms with van der Waals surface area (Å²) in [5.74, 6) is -0.585. The molecule has 0 radical (unpaired) electrons. The Labute approximate surface area is 114 Å². The number of carbonyl (C=O) groups excluding carboxylic acids is 1. The molecule has 5 heteroatoms. The SMILES string of the molecule is CC1CCN(C(=O)c2cc(F)ccc2O)C1CBr. The van der Waals surface area contributed by atoms with Crippen molar-refractivity contribution >= 4 is 21.8 Å². The molecule has 2 atom stereocenters. The van der Waals surface area contributed by atoms with Gasteiger partial charge in [-0.05, 0) is 30.5 Å². The third-order valence-corrected chi connectivity index (χ3v) is 4.15. The number of carbonyl (C=O) groups is 1. The molecule has 0 spiro atoms. The van der Waals surface area contributed by atoms with Crippen molar-refractivity contribution in [1.29, 1.82) is 0 Å². The zero-order chi connectivity index (χ0) is 13.3. The first-order chi connectivity index (χ1) is 8.54. The highest BCUT2D eigenvalue weighted by molar-refractivity contribution is 9.09. The predicted molar refractivity (Wildman–Crippen MR) is 70.5 cm³/mol. The summed E-state index contributed by atoms with van der Waals surface area (Å²) in [7, 11) is 0. The number of nitrogens with zero attached hydrogens (tertiary/aromatic N) is 1. The second-order valence-corrected chi connectivity index (χ2v) is 5.30. The normalized spacial score (nSPS) is 23.4. The number of benzene rings is 1. The summed E-state index contributed by atoms with van der Waals surface area (Å²) in [6.45, 7) is 2.73. The summed E-state index contributed by atoms with van der Waals surface area (Å²) in [6.07, 6.45) is 0.929. The number of rotatable bonds is 2. The molecule has 18 heavy (non-hydrogen) atoms. The van der Waals surface area contributed by atoms with Gasteiger partial charge in [-0.3, -0.25) is 4.79 Å². The van der Waals surface area contributed by atoms with Crippen LogP contribution < -0.4 is 0 Å². The van der Waals surface area contributed by atoms with Crippen LogP contribution >= 0.6 is 15.9 Å². The van der Waals surface area contributed by atoms with E-state index in [9.17, 15) is 14.3 Å². The van der Waals surface area contributed by atoms with Crippen molar-refractivity contribution in [3.05, 3.63) is 29.6 Å². The topological polar surface area (TPSA) is 40.5 Å². The Balaban J connectivity index is 2.28. The lowest BCUT2D eigenvalue weighted by molar-refractivity contribution is 0.0735. The first kappa shape index (κ1) is 13.3. The number of phenols is 1. The van der Waals surface area contributed by atoms with Gasteiger partial charge < -0.3 is 10.0 Å². The third-order valence-electron chi connectivity index (χ3n) is 3.49. The van der Waals surface area contributed by atoms with Gasteiger partial charge in [0.05, 0.1) is 5.56 Å². The Bertz CT molecular complexity index is 466. The van der Waals surface area contributed by atoms with Gasteiger partial charge in [0, 0.05) is 17.9 Å². The van der Waals surface area contributed by atoms with Crippen molar-refractivity contribution in [2.45, 2.75) is 19.4 Å². The summed E-state index contributed by atoms with van der Waals surface area (Å²) in [6, 6.07) is 3.54. The van der Waals surface area contributed by atoms with Crippen molar-refractivity contribution in [2.24, 2.45) is 5.92 Å². The predicted octanol–water partition coefficient (Wildman–Crippen LogP) is 2.78. The summed E-state index contributed by atoms with van der Waals surface area (Å²) < 4.78 is 13.2. The smallest absolute Gasteiger partial charge is 0.258 e. The molecular formula is C13H15BrFNO2. The lowest BCUT2D eigenvalue weighted by Crippen LogP contribution is -2.38. The fraction of sp³-hybridized carbons (Fsp3) is 0.462. The van der Waals surface area contributed by atoms with Crippen LogP contribution in [0.1, 0.15) is 23.7 Å². The molecule has 2 unspecified atom stereocenters. The molecule has 1 aromatic rings. The maximum absolute atomic E-state index is 13.2. The zero-order valence-electron chi connectivity index (χ0n) is 10.1. The molecule has 1 amide bonds. The van der Waals surface area contributed by atoms with E-state index in [4.69, 9.17) is 0 Å². The number of likely N-dealkylation sites (tertiary alicyclic amines) is 1. The van der Waals surface area contributed by atoms with Gasteiger partial charge in [-0.25, -0.2) is 4.39 Å². The molecule has 0 bridgehead atoms. The Morgan fingerprint density at radius 1 is 1.61 bits per heavy atom. The van der Waals surface area contributed by atoms with Crippen LogP contribution in [0.2, 0.25) is 0 Å². The van der Waals surface area contributed by atoms with E-state index in [-0.39, 0.29) is 23.3 Å². The Hall–Kier alpha value is -1.10. The first-order valence-electron chi connectivity index (χ1n) is 5.90. The molecule has 1 aromatic carbocycles. The van der Waals surface area contributed by atoms with Crippen molar-refractivity contribution in [2.75, 3.05) is 11.9 Å². The summed E-state index contributed by atoms with van der Waals surface area (Å²) >= 11 is 3.40. The number of hydrogen-bond donors (Lipinski definition) is 1. The summed E-state index contributed by atoms with van der Waals surface area (Å²) in [5, 5.41) is 10.4. The molecule has 2 rings (SSSR count). The maximum atomic E-state index is 13.2. The maximum Gasteiger partial charge on any atom is 0.258 e. The molecular weight excluding hydrogens is 301 g/mol. The Kier molecular flexibility index (Phi) is 3.90. The van der Waals surface area contributed by atoms with Crippen molar-refractivity contribution in [3.8, 4) is 5.75 Å². The van der Waals surface area contributed by atoms with Crippen LogP contribution in [0.15, 0.2) is 18.2 Å².